The number of benzene rings is 1. The summed E-state index contributed by atoms with van der Waals surface area (Å²) in [5.41, 5.74) is -0.707. The van der Waals surface area contributed by atoms with E-state index in [0.29, 0.717) is 43.2 Å². The first-order valence-corrected chi connectivity index (χ1v) is 11.3. The van der Waals surface area contributed by atoms with Crippen molar-refractivity contribution in [1.82, 2.24) is 9.88 Å². The van der Waals surface area contributed by atoms with Crippen LogP contribution >= 0.6 is 11.6 Å². The van der Waals surface area contributed by atoms with Gasteiger partial charge in [-0.15, -0.1) is 0 Å². The van der Waals surface area contributed by atoms with Crippen molar-refractivity contribution in [2.24, 2.45) is 12.5 Å². The third-order valence-corrected chi connectivity index (χ3v) is 7.34. The van der Waals surface area contributed by atoms with Gasteiger partial charge in [0, 0.05) is 51.3 Å². The number of aromatic nitrogens is 1. The van der Waals surface area contributed by atoms with E-state index in [1.807, 2.05) is 17.0 Å². The molecule has 180 valence electrons. The van der Waals surface area contributed by atoms with Gasteiger partial charge in [0.25, 0.3) is 5.56 Å². The Labute approximate surface area is 198 Å². The maximum atomic E-state index is 13.5. The third kappa shape index (κ3) is 3.64. The van der Waals surface area contributed by atoms with Gasteiger partial charge in [-0.1, -0.05) is 23.7 Å². The molecule has 3 aliphatic rings. The van der Waals surface area contributed by atoms with Gasteiger partial charge >= 0.3 is 6.18 Å². The summed E-state index contributed by atoms with van der Waals surface area (Å²) in [5, 5.41) is 2.79. The molecule has 34 heavy (non-hydrogen) atoms. The highest BCUT2D eigenvalue weighted by molar-refractivity contribution is 6.34. The fraction of sp³-hybridized carbons (Fsp3) is 0.435. The first-order chi connectivity index (χ1) is 16.0. The molecule has 1 unspecified atom stereocenters. The molecule has 4 heterocycles. The average Bonchev–Trinajstić information content (AvgIpc) is 2.69. The van der Waals surface area contributed by atoms with Crippen molar-refractivity contribution in [3.05, 3.63) is 57.0 Å². The molecule has 7 nitrogen and oxygen atoms in total. The number of carbonyl (C=O) groups excluding carboxylic acids is 2. The lowest BCUT2D eigenvalue weighted by atomic mass is 9.72. The number of piperidine rings is 1. The van der Waals surface area contributed by atoms with Crippen molar-refractivity contribution in [3.8, 4) is 0 Å². The summed E-state index contributed by atoms with van der Waals surface area (Å²) in [6, 6.07) is 6.36. The largest absolute Gasteiger partial charge is 0.418 e. The van der Waals surface area contributed by atoms with Gasteiger partial charge in [-0.3, -0.25) is 19.7 Å². The van der Waals surface area contributed by atoms with Crippen molar-refractivity contribution in [2.45, 2.75) is 24.9 Å². The molecule has 1 atom stereocenters. The zero-order valence-corrected chi connectivity index (χ0v) is 19.0. The maximum absolute atomic E-state index is 13.5. The van der Waals surface area contributed by atoms with Crippen LogP contribution in [0.4, 0.5) is 24.5 Å². The summed E-state index contributed by atoms with van der Waals surface area (Å²) in [7, 11) is 1.43. The Balaban J connectivity index is 1.31. The van der Waals surface area contributed by atoms with E-state index in [2.05, 4.69) is 5.32 Å². The highest BCUT2D eigenvalue weighted by Crippen LogP contribution is 2.47. The van der Waals surface area contributed by atoms with Crippen LogP contribution in [-0.2, 0) is 22.8 Å². The second kappa shape index (κ2) is 7.76. The van der Waals surface area contributed by atoms with Crippen LogP contribution in [0.25, 0.3) is 0 Å². The molecular weight excluding hydrogens is 473 g/mol. The van der Waals surface area contributed by atoms with Crippen LogP contribution in [0, 0.1) is 5.41 Å². The molecular formula is C23H22ClF3N4O3. The molecule has 5 rings (SSSR count). The summed E-state index contributed by atoms with van der Waals surface area (Å²) in [6.45, 7) is 1.85. The van der Waals surface area contributed by atoms with Crippen molar-refractivity contribution >= 4 is 34.8 Å². The number of nitrogens with one attached hydrogen (secondary N) is 1. The molecule has 3 fully saturated rings. The fourth-order valence-electron chi connectivity index (χ4n) is 5.25. The van der Waals surface area contributed by atoms with Crippen molar-refractivity contribution in [3.63, 3.8) is 0 Å². The Hall–Kier alpha value is -3.01. The van der Waals surface area contributed by atoms with Crippen LogP contribution in [0.5, 0.6) is 0 Å². The second-order valence-corrected chi connectivity index (χ2v) is 9.77. The summed E-state index contributed by atoms with van der Waals surface area (Å²) >= 11 is 6.65. The Kier molecular flexibility index (Phi) is 5.20. The standard InChI is InChI=1S/C23H22ClF3N4O3/c1-29-8-7-15(23(25,26)27)19(21(29)34)31-11-22(12-31)9-30(10-22)16-4-2-3-13(18(16)24)14-5-6-17(32)28-20(14)33/h2-4,7-8,14H,5-6,9-12H2,1H3,(H,28,32,33). The molecule has 0 bridgehead atoms. The maximum Gasteiger partial charge on any atom is 0.418 e. The van der Waals surface area contributed by atoms with Crippen LogP contribution in [0.3, 0.4) is 0 Å². The van der Waals surface area contributed by atoms with E-state index < -0.39 is 23.2 Å². The fourth-order valence-corrected chi connectivity index (χ4v) is 5.62. The van der Waals surface area contributed by atoms with Crippen LogP contribution in [0.1, 0.15) is 29.9 Å². The van der Waals surface area contributed by atoms with Gasteiger partial charge in [-0.05, 0) is 24.1 Å². The number of nitrogens with zero attached hydrogens (tertiary/aromatic N) is 3. The smallest absolute Gasteiger partial charge is 0.369 e. The van der Waals surface area contributed by atoms with E-state index in [4.69, 9.17) is 11.6 Å². The molecule has 1 aromatic heterocycles. The van der Waals surface area contributed by atoms with Crippen molar-refractivity contribution in [1.29, 1.82) is 0 Å². The summed E-state index contributed by atoms with van der Waals surface area (Å²) in [6.07, 6.45) is -2.84. The highest BCUT2D eigenvalue weighted by Gasteiger charge is 2.54. The molecule has 0 aliphatic carbocycles. The molecule has 3 aliphatic heterocycles. The van der Waals surface area contributed by atoms with Crippen LogP contribution in [0.15, 0.2) is 35.3 Å². The number of amides is 2. The molecule has 2 amide bonds. The van der Waals surface area contributed by atoms with Crippen LogP contribution in [0.2, 0.25) is 5.02 Å². The Morgan fingerprint density at radius 3 is 2.38 bits per heavy atom. The first-order valence-electron chi connectivity index (χ1n) is 10.9. The molecule has 2 aromatic rings. The Morgan fingerprint density at radius 2 is 1.74 bits per heavy atom. The SMILES string of the molecule is Cn1ccc(C(F)(F)F)c(N2CC3(CN(c4cccc(C5CCC(=O)NC5=O)c4Cl)C3)C2)c1=O. The topological polar surface area (TPSA) is 74.7 Å². The lowest BCUT2D eigenvalue weighted by Gasteiger charge is -2.61. The Bertz CT molecular complexity index is 1240. The van der Waals surface area contributed by atoms with E-state index in [-0.39, 0.29) is 29.3 Å². The predicted octanol–water partition coefficient (Wildman–Crippen LogP) is 2.90. The number of pyridine rings is 1. The van der Waals surface area contributed by atoms with Gasteiger partial charge in [0.1, 0.15) is 5.69 Å². The van der Waals surface area contributed by atoms with Gasteiger partial charge < -0.3 is 14.4 Å². The van der Waals surface area contributed by atoms with Gasteiger partial charge in [-0.2, -0.15) is 13.2 Å². The van der Waals surface area contributed by atoms with Gasteiger partial charge in [0.05, 0.1) is 22.2 Å². The zero-order valence-electron chi connectivity index (χ0n) is 18.3. The van der Waals surface area contributed by atoms with E-state index in [1.165, 1.54) is 11.9 Å². The number of aryl methyl sites for hydroxylation is 1. The Morgan fingerprint density at radius 1 is 1.06 bits per heavy atom. The first kappa shape index (κ1) is 22.8. The highest BCUT2D eigenvalue weighted by atomic mass is 35.5. The number of halogens is 4. The minimum Gasteiger partial charge on any atom is -0.369 e. The monoisotopic (exact) mass is 494 g/mol. The average molecular weight is 495 g/mol. The van der Waals surface area contributed by atoms with Gasteiger partial charge in [0.15, 0.2) is 0 Å². The van der Waals surface area contributed by atoms with E-state index in [1.54, 1.807) is 6.07 Å². The molecule has 0 radical (unpaired) electrons. The molecule has 3 saturated heterocycles. The van der Waals surface area contributed by atoms with Crippen molar-refractivity contribution in [2.75, 3.05) is 36.0 Å². The number of alkyl halides is 3. The summed E-state index contributed by atoms with van der Waals surface area (Å²) in [5.74, 6) is -1.17. The lowest BCUT2D eigenvalue weighted by Crippen LogP contribution is -2.73. The van der Waals surface area contributed by atoms with Gasteiger partial charge in [0.2, 0.25) is 11.8 Å². The number of hydrogen-bond acceptors (Lipinski definition) is 5. The summed E-state index contributed by atoms with van der Waals surface area (Å²) < 4.78 is 41.6. The second-order valence-electron chi connectivity index (χ2n) is 9.39. The van der Waals surface area contributed by atoms with Crippen LogP contribution < -0.4 is 20.7 Å². The number of hydrogen-bond donors (Lipinski definition) is 1. The number of rotatable bonds is 3. The van der Waals surface area contributed by atoms with Crippen LogP contribution in [-0.4, -0.2) is 42.6 Å². The predicted molar refractivity (Wildman–Crippen MR) is 120 cm³/mol. The zero-order chi connectivity index (χ0) is 24.4. The third-order valence-electron chi connectivity index (χ3n) is 6.93. The van der Waals surface area contributed by atoms with Crippen molar-refractivity contribution < 1.29 is 22.8 Å². The summed E-state index contributed by atoms with van der Waals surface area (Å²) in [4.78, 5) is 39.8. The lowest BCUT2D eigenvalue weighted by molar-refractivity contribution is -0.137. The minimum absolute atomic E-state index is 0.225. The number of carbonyl (C=O) groups is 2. The van der Waals surface area contributed by atoms with E-state index >= 15 is 0 Å². The van der Waals surface area contributed by atoms with E-state index in [9.17, 15) is 27.6 Å². The quantitative estimate of drug-likeness (QED) is 0.664. The molecule has 0 saturated carbocycles. The molecule has 1 N–H and O–H groups in total. The van der Waals surface area contributed by atoms with Gasteiger partial charge in [-0.25, -0.2) is 0 Å². The number of imide groups is 1. The normalized spacial score (nSPS) is 21.9. The molecule has 1 spiro atoms. The molecule has 1 aromatic carbocycles. The van der Waals surface area contributed by atoms with E-state index in [0.717, 1.165) is 22.5 Å². The minimum atomic E-state index is -4.61. The number of anilines is 2. The molecule has 11 heteroatoms.